The van der Waals surface area contributed by atoms with Crippen LogP contribution in [0.1, 0.15) is 20.3 Å². The third-order valence-electron chi connectivity index (χ3n) is 5.48. The number of likely N-dealkylation sites (tertiary alicyclic amines) is 1. The van der Waals surface area contributed by atoms with Crippen LogP contribution in [0.3, 0.4) is 0 Å². The standard InChI is InChI=1S/C21H27N5/c1-4-25-15-22-12-18(25)20-19(17-8-6-5-7-9-17)23-16-26(20)14-21(2)10-11-24(3)13-21/h5-9,12,15-16H,4,10-11,13-14H2,1-3H3/t21-/m0/s1. The predicted octanol–water partition coefficient (Wildman–Crippen LogP) is 3.78. The van der Waals surface area contributed by atoms with E-state index in [1.54, 1.807) is 0 Å². The zero-order valence-electron chi connectivity index (χ0n) is 15.9. The summed E-state index contributed by atoms with van der Waals surface area (Å²) in [6, 6.07) is 10.5. The molecule has 4 rings (SSSR count). The maximum atomic E-state index is 4.82. The lowest BCUT2D eigenvalue weighted by molar-refractivity contribution is 0.270. The summed E-state index contributed by atoms with van der Waals surface area (Å²) in [5.74, 6) is 0. The molecule has 3 aromatic rings. The highest BCUT2D eigenvalue weighted by Gasteiger charge is 2.33. The topological polar surface area (TPSA) is 38.9 Å². The van der Waals surface area contributed by atoms with Crippen molar-refractivity contribution in [2.75, 3.05) is 20.1 Å². The van der Waals surface area contributed by atoms with Crippen molar-refractivity contribution in [1.82, 2.24) is 24.0 Å². The first-order valence-electron chi connectivity index (χ1n) is 9.39. The smallest absolute Gasteiger partial charge is 0.0979 e. The van der Waals surface area contributed by atoms with Gasteiger partial charge in [0.25, 0.3) is 0 Å². The highest BCUT2D eigenvalue weighted by molar-refractivity contribution is 5.76. The van der Waals surface area contributed by atoms with Crippen LogP contribution in [-0.2, 0) is 13.1 Å². The van der Waals surface area contributed by atoms with Crippen molar-refractivity contribution in [3.8, 4) is 22.6 Å². The van der Waals surface area contributed by atoms with Gasteiger partial charge in [0.15, 0.2) is 0 Å². The number of rotatable bonds is 5. The first-order valence-corrected chi connectivity index (χ1v) is 9.39. The highest BCUT2D eigenvalue weighted by atomic mass is 15.2. The van der Waals surface area contributed by atoms with Gasteiger partial charge in [0.05, 0.1) is 35.9 Å². The molecule has 1 aliphatic heterocycles. The largest absolute Gasteiger partial charge is 0.330 e. The summed E-state index contributed by atoms with van der Waals surface area (Å²) >= 11 is 0. The first kappa shape index (κ1) is 17.0. The number of benzene rings is 1. The third-order valence-corrected chi connectivity index (χ3v) is 5.48. The average Bonchev–Trinajstić information content (AvgIpc) is 3.34. The van der Waals surface area contributed by atoms with E-state index in [4.69, 9.17) is 4.98 Å². The zero-order valence-corrected chi connectivity index (χ0v) is 15.9. The monoisotopic (exact) mass is 349 g/mol. The van der Waals surface area contributed by atoms with Crippen LogP contribution in [0.4, 0.5) is 0 Å². The zero-order chi connectivity index (χ0) is 18.1. The minimum atomic E-state index is 0.273. The highest BCUT2D eigenvalue weighted by Crippen LogP contribution is 2.36. The van der Waals surface area contributed by atoms with Gasteiger partial charge in [-0.2, -0.15) is 0 Å². The SMILES string of the molecule is CCn1cncc1-c1c(-c2ccccc2)ncn1C[C@@]1(C)CCN(C)C1. The molecule has 1 saturated heterocycles. The van der Waals surface area contributed by atoms with Crippen LogP contribution in [0.15, 0.2) is 49.2 Å². The van der Waals surface area contributed by atoms with E-state index >= 15 is 0 Å². The molecule has 1 atom stereocenters. The molecule has 0 saturated carbocycles. The quantitative estimate of drug-likeness (QED) is 0.704. The molecule has 0 N–H and O–H groups in total. The Morgan fingerprint density at radius 1 is 1.12 bits per heavy atom. The molecule has 1 fully saturated rings. The van der Waals surface area contributed by atoms with Crippen LogP contribution in [0.2, 0.25) is 0 Å². The van der Waals surface area contributed by atoms with Crippen LogP contribution in [0, 0.1) is 5.41 Å². The van der Waals surface area contributed by atoms with Gasteiger partial charge in [-0.3, -0.25) is 0 Å². The molecule has 1 aliphatic rings. The van der Waals surface area contributed by atoms with Crippen molar-refractivity contribution in [3.63, 3.8) is 0 Å². The van der Waals surface area contributed by atoms with Crippen molar-refractivity contribution in [2.24, 2.45) is 5.41 Å². The minimum Gasteiger partial charge on any atom is -0.330 e. The van der Waals surface area contributed by atoms with Gasteiger partial charge in [-0.25, -0.2) is 9.97 Å². The van der Waals surface area contributed by atoms with Crippen LogP contribution in [0.5, 0.6) is 0 Å². The van der Waals surface area contributed by atoms with Gasteiger partial charge in [0.2, 0.25) is 0 Å². The molecule has 1 aromatic carbocycles. The molecule has 0 aliphatic carbocycles. The van der Waals surface area contributed by atoms with Gasteiger partial charge in [-0.15, -0.1) is 0 Å². The van der Waals surface area contributed by atoms with Crippen LogP contribution >= 0.6 is 0 Å². The maximum Gasteiger partial charge on any atom is 0.0979 e. The molecule has 3 heterocycles. The fourth-order valence-electron chi connectivity index (χ4n) is 4.16. The molecular weight excluding hydrogens is 322 g/mol. The van der Waals surface area contributed by atoms with Crippen molar-refractivity contribution in [1.29, 1.82) is 0 Å². The Morgan fingerprint density at radius 2 is 1.92 bits per heavy atom. The average molecular weight is 349 g/mol. The molecule has 5 heteroatoms. The maximum absolute atomic E-state index is 4.82. The van der Waals surface area contributed by atoms with Crippen LogP contribution in [0.25, 0.3) is 22.6 Å². The first-order chi connectivity index (χ1) is 12.6. The lowest BCUT2D eigenvalue weighted by atomic mass is 9.89. The fourth-order valence-corrected chi connectivity index (χ4v) is 4.16. The van der Waals surface area contributed by atoms with Crippen LogP contribution < -0.4 is 0 Å². The fraction of sp³-hybridized carbons (Fsp3) is 0.429. The van der Waals surface area contributed by atoms with Gasteiger partial charge in [-0.05, 0) is 32.4 Å². The summed E-state index contributed by atoms with van der Waals surface area (Å²) < 4.78 is 4.54. The van der Waals surface area contributed by atoms with E-state index in [0.29, 0.717) is 0 Å². The van der Waals surface area contributed by atoms with Crippen molar-refractivity contribution in [2.45, 2.75) is 33.4 Å². The molecule has 26 heavy (non-hydrogen) atoms. The Balaban J connectivity index is 1.81. The summed E-state index contributed by atoms with van der Waals surface area (Å²) in [5, 5.41) is 0. The number of nitrogens with zero attached hydrogens (tertiary/aromatic N) is 5. The minimum absolute atomic E-state index is 0.273. The van der Waals surface area contributed by atoms with E-state index < -0.39 is 0 Å². The summed E-state index contributed by atoms with van der Waals surface area (Å²) in [6.07, 6.45) is 7.10. The Kier molecular flexibility index (Phi) is 4.41. The van der Waals surface area contributed by atoms with Gasteiger partial charge in [0.1, 0.15) is 0 Å². The number of aryl methyl sites for hydroxylation is 1. The van der Waals surface area contributed by atoms with E-state index in [-0.39, 0.29) is 5.41 Å². The lowest BCUT2D eigenvalue weighted by Gasteiger charge is -2.25. The number of imidazole rings is 2. The molecule has 0 amide bonds. The van der Waals surface area contributed by atoms with Gasteiger partial charge in [0, 0.05) is 25.2 Å². The Labute approximate surface area is 155 Å². The number of hydrogen-bond acceptors (Lipinski definition) is 3. The second kappa shape index (κ2) is 6.72. The molecule has 2 aromatic heterocycles. The second-order valence-corrected chi connectivity index (χ2v) is 7.80. The molecule has 0 bridgehead atoms. The number of hydrogen-bond donors (Lipinski definition) is 0. The molecule has 5 nitrogen and oxygen atoms in total. The second-order valence-electron chi connectivity index (χ2n) is 7.80. The van der Waals surface area contributed by atoms with E-state index in [2.05, 4.69) is 64.2 Å². The summed E-state index contributed by atoms with van der Waals surface area (Å²) in [5.41, 5.74) is 4.77. The van der Waals surface area contributed by atoms with Crippen LogP contribution in [-0.4, -0.2) is 44.1 Å². The van der Waals surface area contributed by atoms with Crippen molar-refractivity contribution < 1.29 is 0 Å². The summed E-state index contributed by atoms with van der Waals surface area (Å²) in [6.45, 7) is 8.70. The third kappa shape index (κ3) is 3.07. The molecular formula is C21H27N5. The number of aromatic nitrogens is 4. The van der Waals surface area contributed by atoms with E-state index in [9.17, 15) is 0 Å². The summed E-state index contributed by atoms with van der Waals surface area (Å²) in [4.78, 5) is 11.6. The van der Waals surface area contributed by atoms with E-state index in [1.165, 1.54) is 18.7 Å². The molecule has 0 spiro atoms. The Hall–Kier alpha value is -2.40. The van der Waals surface area contributed by atoms with Crippen molar-refractivity contribution >= 4 is 0 Å². The summed E-state index contributed by atoms with van der Waals surface area (Å²) in [7, 11) is 2.21. The molecule has 0 unspecified atom stereocenters. The predicted molar refractivity (Wildman–Crippen MR) is 105 cm³/mol. The Bertz CT molecular complexity index is 879. The van der Waals surface area contributed by atoms with Gasteiger partial charge >= 0.3 is 0 Å². The lowest BCUT2D eigenvalue weighted by Crippen LogP contribution is -2.27. The Morgan fingerprint density at radius 3 is 2.62 bits per heavy atom. The van der Waals surface area contributed by atoms with E-state index in [1.807, 2.05) is 24.9 Å². The van der Waals surface area contributed by atoms with Crippen molar-refractivity contribution in [3.05, 3.63) is 49.2 Å². The normalized spacial score (nSPS) is 20.7. The molecule has 136 valence electrons. The molecule has 0 radical (unpaired) electrons. The van der Waals surface area contributed by atoms with Gasteiger partial charge < -0.3 is 14.0 Å². The van der Waals surface area contributed by atoms with E-state index in [0.717, 1.165) is 36.6 Å². The van der Waals surface area contributed by atoms with Gasteiger partial charge in [-0.1, -0.05) is 37.3 Å².